The maximum Gasteiger partial charge on any atom is 0.341 e. The van der Waals surface area contributed by atoms with Gasteiger partial charge >= 0.3 is 17.9 Å². The van der Waals surface area contributed by atoms with E-state index in [4.69, 9.17) is 64.0 Å². The fourth-order valence-corrected chi connectivity index (χ4v) is 13.6. The number of benzene rings is 1. The molecule has 6 aliphatic heterocycles. The fourth-order valence-electron chi connectivity index (χ4n) is 13.4. The van der Waals surface area contributed by atoms with E-state index in [1.54, 1.807) is 51.3 Å². The highest BCUT2D eigenvalue weighted by molar-refractivity contribution is 6.34. The van der Waals surface area contributed by atoms with E-state index < -0.39 is 125 Å². The smallest absolute Gasteiger partial charge is 0.341 e. The van der Waals surface area contributed by atoms with Crippen LogP contribution in [0.1, 0.15) is 131 Å². The molecule has 2 aromatic rings. The van der Waals surface area contributed by atoms with Crippen molar-refractivity contribution in [1.29, 1.82) is 0 Å². The number of hydrogen-bond donors (Lipinski definition) is 3. The molecule has 1 saturated carbocycles. The van der Waals surface area contributed by atoms with E-state index in [1.807, 2.05) is 53.6 Å². The van der Waals surface area contributed by atoms with Crippen LogP contribution in [0.2, 0.25) is 5.02 Å². The zero-order valence-electron chi connectivity index (χ0n) is 48.2. The lowest BCUT2D eigenvalue weighted by atomic mass is 9.69. The second-order valence-electron chi connectivity index (χ2n) is 24.2. The van der Waals surface area contributed by atoms with Gasteiger partial charge in [0.25, 0.3) is 5.91 Å². The molecule has 0 radical (unpaired) electrons. The zero-order valence-corrected chi connectivity index (χ0v) is 49.0. The number of likely N-dealkylation sites (N-methyl/N-ethyl adjacent to an activating group) is 1. The molecule has 1 amide bonds. The number of nitrogens with zero attached hydrogens (tertiary/aromatic N) is 2. The topological polar surface area (TPSA) is 260 Å². The SMILES string of the molecule is CC[C@@H]1OC(=O)[C@H](C)[C@H](O[C@@H]2C[C@@](C)(OC)[C@H](OC(=O)CCOCCNc3cc4c(=O)c(C(=O)O)cn(C5CC5)c4cc3Cl)[C@H](C)O2)[C@@H](C)[C@@H]2O[C@@H]3O[C@H](C)C[C@H](N(C)C)[C@@H]3OO[C@@]2(C)C[C@H](C)C(=O)[C@H](C)[C@H]2NC(=O)[C@@]23O[C@@]13C. The summed E-state index contributed by atoms with van der Waals surface area (Å²) in [6, 6.07) is 2.48. The van der Waals surface area contributed by atoms with Crippen LogP contribution in [0.15, 0.2) is 23.1 Å². The first-order valence-electron chi connectivity index (χ1n) is 28.3. The molecule has 444 valence electrons. The molecule has 1 aromatic carbocycles. The molecule has 1 aromatic heterocycles. The molecule has 6 saturated heterocycles. The monoisotopic (exact) mass is 1140 g/mol. The van der Waals surface area contributed by atoms with Gasteiger partial charge in [-0.2, -0.15) is 0 Å². The molecule has 9 rings (SSSR count). The largest absolute Gasteiger partial charge is 0.477 e. The van der Waals surface area contributed by atoms with E-state index in [-0.39, 0.29) is 79.8 Å². The summed E-state index contributed by atoms with van der Waals surface area (Å²) in [5.74, 6) is -6.07. The summed E-state index contributed by atoms with van der Waals surface area (Å²) in [4.78, 5) is 96.5. The number of β-lactam (4-membered cyclic amide) rings is 1. The van der Waals surface area contributed by atoms with E-state index in [1.165, 1.54) is 13.3 Å². The number of cyclic esters (lactones) is 1. The van der Waals surface area contributed by atoms with E-state index >= 15 is 0 Å². The highest BCUT2D eigenvalue weighted by atomic mass is 35.5. The van der Waals surface area contributed by atoms with Gasteiger partial charge in [0.15, 0.2) is 30.4 Å². The molecule has 0 bridgehead atoms. The van der Waals surface area contributed by atoms with Crippen LogP contribution < -0.4 is 16.1 Å². The summed E-state index contributed by atoms with van der Waals surface area (Å²) in [5.41, 5.74) is -5.04. The number of ether oxygens (including phenoxy) is 9. The summed E-state index contributed by atoms with van der Waals surface area (Å²) in [7, 11) is 5.41. The Bertz CT molecular complexity index is 2760. The van der Waals surface area contributed by atoms with Crippen LogP contribution in [0.3, 0.4) is 0 Å². The van der Waals surface area contributed by atoms with Gasteiger partial charge in [-0.05, 0) is 99.9 Å². The van der Waals surface area contributed by atoms with Crippen molar-refractivity contribution in [3.63, 3.8) is 0 Å². The van der Waals surface area contributed by atoms with E-state index in [9.17, 15) is 33.9 Å². The molecule has 80 heavy (non-hydrogen) atoms. The number of Topliss-reactive ketones (excluding diaryl/α,β-unsaturated/α-hetero) is 1. The number of fused-ring (bicyclic) bond motifs is 3. The first kappa shape index (κ1) is 60.3. The number of methoxy groups -OCH3 is 1. The molecule has 3 N–H and O–H groups in total. The Labute approximate surface area is 471 Å². The minimum Gasteiger partial charge on any atom is -0.477 e. The zero-order chi connectivity index (χ0) is 58.1. The Hall–Kier alpha value is -4.33. The van der Waals surface area contributed by atoms with Gasteiger partial charge < -0.3 is 67.8 Å². The maximum atomic E-state index is 14.8. The summed E-state index contributed by atoms with van der Waals surface area (Å²) in [6.45, 7) is 18.5. The number of epoxide rings is 1. The number of amides is 1. The number of hydrogen-bond acceptors (Lipinski definition) is 19. The van der Waals surface area contributed by atoms with Crippen molar-refractivity contribution in [2.75, 3.05) is 46.3 Å². The number of aromatic nitrogens is 1. The van der Waals surface area contributed by atoms with Crippen LogP contribution in [0.5, 0.6) is 0 Å². The van der Waals surface area contributed by atoms with Crippen LogP contribution in [-0.2, 0) is 71.6 Å². The number of carboxylic acids is 1. The highest BCUT2D eigenvalue weighted by Crippen LogP contribution is 2.60. The fraction of sp³-hybridized carbons (Fsp3) is 0.754. The molecule has 7 heterocycles. The highest BCUT2D eigenvalue weighted by Gasteiger charge is 2.84. The predicted octanol–water partition coefficient (Wildman–Crippen LogP) is 5.75. The summed E-state index contributed by atoms with van der Waals surface area (Å²) in [5, 5.41) is 16.4. The van der Waals surface area contributed by atoms with Crippen molar-refractivity contribution in [2.24, 2.45) is 23.7 Å². The minimum atomic E-state index is -1.38. The average Bonchev–Trinajstić information content (AvgIpc) is 4.49. The number of pyridine rings is 1. The lowest BCUT2D eigenvalue weighted by Gasteiger charge is -2.48. The van der Waals surface area contributed by atoms with E-state index in [0.717, 1.165) is 12.8 Å². The Kier molecular flexibility index (Phi) is 17.3. The number of anilines is 1. The van der Waals surface area contributed by atoms with Crippen LogP contribution >= 0.6 is 11.6 Å². The van der Waals surface area contributed by atoms with Gasteiger partial charge in [0.2, 0.25) is 5.43 Å². The predicted molar refractivity (Wildman–Crippen MR) is 288 cm³/mol. The molecule has 1 spiro atoms. The van der Waals surface area contributed by atoms with Crippen molar-refractivity contribution in [1.82, 2.24) is 14.8 Å². The third-order valence-corrected chi connectivity index (χ3v) is 18.5. The summed E-state index contributed by atoms with van der Waals surface area (Å²) >= 11 is 6.63. The molecule has 1 aliphatic carbocycles. The third kappa shape index (κ3) is 11.0. The minimum absolute atomic E-state index is 0.00808. The molecule has 7 fully saturated rings. The normalized spacial score (nSPS) is 40.3. The van der Waals surface area contributed by atoms with Gasteiger partial charge in [0.1, 0.15) is 34.3 Å². The second-order valence-corrected chi connectivity index (χ2v) is 24.6. The average molecular weight is 1150 g/mol. The number of esters is 2. The number of carboxylic acid groups (broad SMARTS) is 1. The van der Waals surface area contributed by atoms with Crippen LogP contribution in [0.4, 0.5) is 5.69 Å². The first-order valence-corrected chi connectivity index (χ1v) is 28.7. The van der Waals surface area contributed by atoms with E-state index in [0.29, 0.717) is 29.1 Å². The molecular weight excluding hydrogens is 1060 g/mol. The third-order valence-electron chi connectivity index (χ3n) is 18.2. The van der Waals surface area contributed by atoms with Crippen molar-refractivity contribution < 1.29 is 81.5 Å². The van der Waals surface area contributed by atoms with Crippen LogP contribution in [0.25, 0.3) is 10.9 Å². The lowest BCUT2D eigenvalue weighted by Crippen LogP contribution is -2.72. The summed E-state index contributed by atoms with van der Waals surface area (Å²) < 4.78 is 59.7. The number of carbonyl (C=O) groups excluding carboxylic acids is 4. The lowest BCUT2D eigenvalue weighted by molar-refractivity contribution is -0.400. The number of ketones is 1. The number of carbonyl (C=O) groups is 5. The Morgan fingerprint density at radius 1 is 0.975 bits per heavy atom. The molecule has 0 unspecified atom stereocenters. The van der Waals surface area contributed by atoms with Crippen molar-refractivity contribution in [3.05, 3.63) is 39.1 Å². The Balaban J connectivity index is 0.903. The van der Waals surface area contributed by atoms with Crippen LogP contribution in [0, 0.1) is 23.7 Å². The molecule has 22 nitrogen and oxygen atoms in total. The Morgan fingerprint density at radius 3 is 2.35 bits per heavy atom. The maximum absolute atomic E-state index is 14.8. The molecular formula is C57H81ClN4O18. The first-order chi connectivity index (χ1) is 37.7. The van der Waals surface area contributed by atoms with Crippen LogP contribution in [-0.4, -0.2) is 175 Å². The molecule has 23 heteroatoms. The standard InChI is InChI=1S/C57H81ClN4O18/c1-14-40-56(10)57(79-56)47(60-53(57)69)29(4)43(64)27(2)24-55(9)48(77-52-46(78-80-55)39(61(11)12)21-28(3)72-52)30(5)45(31(6)51(68)74-40)76-42-25-54(8,70-13)49(32(7)73-42)75-41(63)17-19-71-20-18-59-37-22-34-38(23-36(37)58)62(33-15-16-33)26-35(44(34)65)50(66)67/h22-23,26-33,39-40,42,45-49,52,59H,14-21,24-25H2,1-13H3,(H,60,69)(H,66,67)/t27-,28+,29-,30+,31+,32-,39-,40-,42+,45+,46-,47+,48-,49+,52-,54+,55-,56-,57-/m0/s1. The van der Waals surface area contributed by atoms with Gasteiger partial charge in [0.05, 0.1) is 72.2 Å². The van der Waals surface area contributed by atoms with Gasteiger partial charge in [0, 0.05) is 61.5 Å². The van der Waals surface area contributed by atoms with Crippen molar-refractivity contribution in [2.45, 2.75) is 210 Å². The summed E-state index contributed by atoms with van der Waals surface area (Å²) in [6.07, 6.45) is -3.31. The van der Waals surface area contributed by atoms with Gasteiger partial charge in [-0.25, -0.2) is 14.6 Å². The number of rotatable bonds is 15. The molecule has 7 aliphatic rings. The Morgan fingerprint density at radius 2 is 1.70 bits per heavy atom. The number of aromatic carboxylic acids is 1. The van der Waals surface area contributed by atoms with Gasteiger partial charge in [-0.1, -0.05) is 39.3 Å². The van der Waals surface area contributed by atoms with Crippen molar-refractivity contribution in [3.8, 4) is 0 Å². The van der Waals surface area contributed by atoms with E-state index in [2.05, 4.69) is 10.6 Å². The number of nitrogens with one attached hydrogen (secondary N) is 2. The van der Waals surface area contributed by atoms with Gasteiger partial charge in [-0.3, -0.25) is 24.0 Å². The quantitative estimate of drug-likeness (QED) is 0.0631. The number of halogens is 1. The molecule has 19 atom stereocenters. The van der Waals surface area contributed by atoms with Gasteiger partial charge in [-0.15, -0.1) is 0 Å². The van der Waals surface area contributed by atoms with Crippen molar-refractivity contribution >= 4 is 57.8 Å². The second kappa shape index (κ2) is 23.0.